The SMILES string of the molecule is COC1=C(Cl)CC2=NC(C)=C(CC(=O)O)C2=C1C(=O)c1csc(SC(F)(F)C(F)(F)F)c1. The van der Waals surface area contributed by atoms with Crippen LogP contribution in [0.25, 0.3) is 0 Å². The molecule has 0 unspecified atom stereocenters. The summed E-state index contributed by atoms with van der Waals surface area (Å²) in [6.07, 6.45) is -6.12. The Kier molecular flexibility index (Phi) is 6.60. The topological polar surface area (TPSA) is 76.0 Å². The van der Waals surface area contributed by atoms with Gasteiger partial charge in [0, 0.05) is 28.6 Å². The van der Waals surface area contributed by atoms with Crippen molar-refractivity contribution in [2.24, 2.45) is 4.99 Å². The van der Waals surface area contributed by atoms with Gasteiger partial charge in [0.15, 0.2) is 5.78 Å². The first-order chi connectivity index (χ1) is 14.8. The molecule has 0 aromatic carbocycles. The Morgan fingerprint density at radius 2 is 1.97 bits per heavy atom. The number of rotatable bonds is 7. The summed E-state index contributed by atoms with van der Waals surface area (Å²) >= 11 is 6.08. The number of nitrogens with zero attached hydrogens (tertiary/aromatic N) is 1. The number of carbonyl (C=O) groups is 2. The largest absolute Gasteiger partial charge is 0.495 e. The van der Waals surface area contributed by atoms with Gasteiger partial charge in [-0.05, 0) is 30.3 Å². The van der Waals surface area contributed by atoms with Gasteiger partial charge in [-0.2, -0.15) is 22.0 Å². The molecule has 1 aliphatic carbocycles. The van der Waals surface area contributed by atoms with Crippen LogP contribution in [-0.4, -0.2) is 41.1 Å². The fraction of sp³-hybridized carbons (Fsp3) is 0.316. The third-order valence-corrected chi connectivity index (χ3v) is 6.90. The minimum Gasteiger partial charge on any atom is -0.495 e. The smallest absolute Gasteiger partial charge is 0.464 e. The van der Waals surface area contributed by atoms with E-state index in [1.807, 2.05) is 0 Å². The predicted octanol–water partition coefficient (Wildman–Crippen LogP) is 6.18. The molecule has 3 rings (SSSR count). The molecular formula is C19H13ClF5NO4S2. The Balaban J connectivity index is 2.07. The van der Waals surface area contributed by atoms with E-state index in [9.17, 15) is 36.6 Å². The number of aliphatic imine (C=N–C) groups is 1. The zero-order chi connectivity index (χ0) is 24.0. The minimum absolute atomic E-state index is 0.0378. The lowest BCUT2D eigenvalue weighted by atomic mass is 9.85. The Morgan fingerprint density at radius 1 is 1.31 bits per heavy atom. The van der Waals surface area contributed by atoms with Crippen molar-refractivity contribution in [1.82, 2.24) is 0 Å². The van der Waals surface area contributed by atoms with Gasteiger partial charge in [-0.25, -0.2) is 0 Å². The van der Waals surface area contributed by atoms with Crippen LogP contribution in [0.2, 0.25) is 0 Å². The summed E-state index contributed by atoms with van der Waals surface area (Å²) in [5.74, 6) is -1.97. The molecule has 1 aliphatic heterocycles. The Labute approximate surface area is 191 Å². The van der Waals surface area contributed by atoms with Crippen molar-refractivity contribution in [3.8, 4) is 0 Å². The number of hydrogen-bond donors (Lipinski definition) is 1. The van der Waals surface area contributed by atoms with E-state index >= 15 is 0 Å². The number of carboxylic acids is 1. The van der Waals surface area contributed by atoms with E-state index in [1.165, 1.54) is 7.11 Å². The van der Waals surface area contributed by atoms with Crippen LogP contribution in [0.5, 0.6) is 0 Å². The van der Waals surface area contributed by atoms with Crippen LogP contribution in [0.3, 0.4) is 0 Å². The van der Waals surface area contributed by atoms with Gasteiger partial charge in [0.2, 0.25) is 0 Å². The lowest BCUT2D eigenvalue weighted by Crippen LogP contribution is -2.32. The maximum Gasteiger partial charge on any atom is 0.464 e. The van der Waals surface area contributed by atoms with Crippen molar-refractivity contribution < 1.29 is 41.4 Å². The molecule has 13 heteroatoms. The first-order valence-electron chi connectivity index (χ1n) is 8.70. The number of hydrogen-bond acceptors (Lipinski definition) is 6. The highest BCUT2D eigenvalue weighted by Gasteiger charge is 2.58. The molecule has 0 amide bonds. The molecule has 1 N–H and O–H groups in total. The summed E-state index contributed by atoms with van der Waals surface area (Å²) in [6.45, 7) is 1.57. The van der Waals surface area contributed by atoms with E-state index in [0.29, 0.717) is 22.7 Å². The molecular weight excluding hydrogens is 501 g/mol. The van der Waals surface area contributed by atoms with Gasteiger partial charge >= 0.3 is 17.4 Å². The van der Waals surface area contributed by atoms with Crippen molar-refractivity contribution in [2.75, 3.05) is 7.11 Å². The lowest BCUT2D eigenvalue weighted by molar-refractivity contribution is -0.237. The molecule has 32 heavy (non-hydrogen) atoms. The van der Waals surface area contributed by atoms with Crippen LogP contribution in [0.15, 0.2) is 53.9 Å². The highest BCUT2D eigenvalue weighted by molar-refractivity contribution is 8.02. The van der Waals surface area contributed by atoms with Crippen LogP contribution >= 0.6 is 34.7 Å². The zero-order valence-corrected chi connectivity index (χ0v) is 18.7. The number of alkyl halides is 5. The monoisotopic (exact) mass is 513 g/mol. The van der Waals surface area contributed by atoms with Gasteiger partial charge in [-0.3, -0.25) is 14.6 Å². The molecule has 0 bridgehead atoms. The second-order valence-electron chi connectivity index (χ2n) is 6.66. The molecule has 2 heterocycles. The van der Waals surface area contributed by atoms with Crippen molar-refractivity contribution >= 4 is 52.2 Å². The second kappa shape index (κ2) is 8.64. The van der Waals surface area contributed by atoms with Gasteiger partial charge in [0.25, 0.3) is 0 Å². The van der Waals surface area contributed by atoms with E-state index in [1.54, 1.807) is 6.92 Å². The van der Waals surface area contributed by atoms with Crippen molar-refractivity contribution in [1.29, 1.82) is 0 Å². The third kappa shape index (κ3) is 4.48. The highest BCUT2D eigenvalue weighted by Crippen LogP contribution is 2.49. The predicted molar refractivity (Wildman–Crippen MR) is 109 cm³/mol. The number of ether oxygens (including phenoxy) is 1. The fourth-order valence-corrected chi connectivity index (χ4v) is 5.31. The number of halogens is 6. The number of carboxylic acid groups (broad SMARTS) is 1. The van der Waals surface area contributed by atoms with Gasteiger partial charge < -0.3 is 9.84 Å². The second-order valence-corrected chi connectivity index (χ2v) is 9.44. The molecule has 0 saturated heterocycles. The molecule has 5 nitrogen and oxygen atoms in total. The average molecular weight is 514 g/mol. The number of Topliss-reactive ketones (excluding diaryl/α,β-unsaturated/α-hetero) is 1. The number of thioether (sulfide) groups is 1. The van der Waals surface area contributed by atoms with E-state index in [0.717, 1.165) is 11.4 Å². The van der Waals surface area contributed by atoms with E-state index in [4.69, 9.17) is 16.3 Å². The van der Waals surface area contributed by atoms with Gasteiger partial charge in [0.05, 0.1) is 34.1 Å². The maximum atomic E-state index is 13.4. The zero-order valence-electron chi connectivity index (χ0n) is 16.3. The number of aliphatic carboxylic acids is 1. The molecule has 0 radical (unpaired) electrons. The van der Waals surface area contributed by atoms with E-state index < -0.39 is 45.6 Å². The lowest BCUT2D eigenvalue weighted by Gasteiger charge is -2.22. The van der Waals surface area contributed by atoms with Gasteiger partial charge in [-0.15, -0.1) is 11.3 Å². The molecule has 0 spiro atoms. The van der Waals surface area contributed by atoms with Gasteiger partial charge in [0.1, 0.15) is 5.76 Å². The van der Waals surface area contributed by atoms with Crippen LogP contribution < -0.4 is 0 Å². The van der Waals surface area contributed by atoms with E-state index in [-0.39, 0.29) is 39.5 Å². The van der Waals surface area contributed by atoms with Gasteiger partial charge in [-0.1, -0.05) is 11.6 Å². The maximum absolute atomic E-state index is 13.4. The Morgan fingerprint density at radius 3 is 2.53 bits per heavy atom. The Hall–Kier alpha value is -2.18. The molecule has 1 aromatic heterocycles. The number of carbonyl (C=O) groups excluding carboxylic acids is 1. The van der Waals surface area contributed by atoms with Crippen LogP contribution in [-0.2, 0) is 9.53 Å². The molecule has 0 fully saturated rings. The number of methoxy groups -OCH3 is 1. The molecule has 2 aliphatic rings. The Bertz CT molecular complexity index is 1130. The first kappa shape index (κ1) is 24.5. The number of fused-ring (bicyclic) bond motifs is 1. The first-order valence-corrected chi connectivity index (χ1v) is 10.8. The van der Waals surface area contributed by atoms with E-state index in [2.05, 4.69) is 4.99 Å². The fourth-order valence-electron chi connectivity index (χ4n) is 3.20. The summed E-state index contributed by atoms with van der Waals surface area (Å²) in [4.78, 5) is 28.9. The quantitative estimate of drug-likeness (QED) is 0.268. The molecule has 1 aromatic rings. The molecule has 172 valence electrons. The van der Waals surface area contributed by atoms with Crippen molar-refractivity contribution in [3.05, 3.63) is 50.2 Å². The molecule has 0 saturated carbocycles. The summed E-state index contributed by atoms with van der Waals surface area (Å²) in [5, 5.41) is 5.47. The van der Waals surface area contributed by atoms with Crippen LogP contribution in [0.4, 0.5) is 22.0 Å². The minimum atomic E-state index is -5.76. The number of ketones is 1. The third-order valence-electron chi connectivity index (χ3n) is 4.53. The number of allylic oxidation sites excluding steroid dienone is 4. The highest BCUT2D eigenvalue weighted by atomic mass is 35.5. The number of thiophene rings is 1. The van der Waals surface area contributed by atoms with Crippen molar-refractivity contribution in [3.63, 3.8) is 0 Å². The normalized spacial score (nSPS) is 17.1. The summed E-state index contributed by atoms with van der Waals surface area (Å²) < 4.78 is 69.1. The van der Waals surface area contributed by atoms with Crippen LogP contribution in [0, 0.1) is 0 Å². The summed E-state index contributed by atoms with van der Waals surface area (Å²) in [7, 11) is 1.24. The average Bonchev–Trinajstić information content (AvgIpc) is 3.23. The standard InChI is InChI=1S/C19H13ClF5NO4S2/c1-7-9(4-12(27)28)14-11(26-7)5-10(20)17(30-2)15(14)16(29)8-3-13(31-6-8)32-19(24,25)18(21,22)23/h3,6H,4-5H2,1-2H3,(H,27,28). The summed E-state index contributed by atoms with van der Waals surface area (Å²) in [6, 6.07) is 0.917. The summed E-state index contributed by atoms with van der Waals surface area (Å²) in [5.41, 5.74) is 0.919. The van der Waals surface area contributed by atoms with Crippen molar-refractivity contribution in [2.45, 2.75) is 35.4 Å². The molecule has 0 atom stereocenters. The van der Waals surface area contributed by atoms with Crippen LogP contribution in [0.1, 0.15) is 30.1 Å².